The molecule has 0 unspecified atom stereocenters. The molecule has 0 aliphatic carbocycles. The molecule has 138 valence electrons. The van der Waals surface area contributed by atoms with Gasteiger partial charge < -0.3 is 20.7 Å². The predicted octanol–water partition coefficient (Wildman–Crippen LogP) is 2.43. The van der Waals surface area contributed by atoms with Crippen LogP contribution in [0.5, 0.6) is 5.75 Å². The van der Waals surface area contributed by atoms with Gasteiger partial charge in [-0.1, -0.05) is 18.2 Å². The van der Waals surface area contributed by atoms with Gasteiger partial charge >= 0.3 is 0 Å². The Balaban J connectivity index is 1.42. The van der Waals surface area contributed by atoms with E-state index in [2.05, 4.69) is 39.4 Å². The number of anilines is 3. The number of para-hydroxylation sites is 1. The van der Waals surface area contributed by atoms with Crippen molar-refractivity contribution < 1.29 is 9.53 Å². The number of nitrogen functional groups attached to an aromatic ring is 1. The summed E-state index contributed by atoms with van der Waals surface area (Å²) in [6.07, 6.45) is 0.470. The second-order valence-electron chi connectivity index (χ2n) is 6.42. The number of ether oxygens (including phenoxy) is 1. The summed E-state index contributed by atoms with van der Waals surface area (Å²) < 4.78 is 5.12. The van der Waals surface area contributed by atoms with Gasteiger partial charge in [0.25, 0.3) is 0 Å². The third kappa shape index (κ3) is 4.67. The second kappa shape index (κ2) is 8.58. The maximum absolute atomic E-state index is 12.2. The fraction of sp³-hybridized carbons (Fsp3) is 0.350. The molecule has 0 radical (unpaired) electrons. The van der Waals surface area contributed by atoms with E-state index in [1.54, 1.807) is 25.3 Å². The number of piperazine rings is 1. The van der Waals surface area contributed by atoms with Crippen LogP contribution in [0.3, 0.4) is 0 Å². The van der Waals surface area contributed by atoms with Crippen LogP contribution < -0.4 is 20.7 Å². The molecule has 1 saturated heterocycles. The van der Waals surface area contributed by atoms with Crippen LogP contribution in [0.2, 0.25) is 0 Å². The molecular formula is C20H26N4O2. The van der Waals surface area contributed by atoms with E-state index in [0.29, 0.717) is 23.5 Å². The minimum atomic E-state index is 0.0000517. The van der Waals surface area contributed by atoms with Crippen LogP contribution in [0.1, 0.15) is 6.42 Å². The van der Waals surface area contributed by atoms with Crippen molar-refractivity contribution in [3.8, 4) is 5.75 Å². The van der Waals surface area contributed by atoms with Gasteiger partial charge in [-0.15, -0.1) is 0 Å². The van der Waals surface area contributed by atoms with Crippen LogP contribution in [0.25, 0.3) is 0 Å². The van der Waals surface area contributed by atoms with Crippen LogP contribution in [0.15, 0.2) is 48.5 Å². The van der Waals surface area contributed by atoms with Crippen molar-refractivity contribution in [2.75, 3.05) is 55.8 Å². The molecule has 0 atom stereocenters. The summed E-state index contributed by atoms with van der Waals surface area (Å²) in [6, 6.07) is 15.7. The Labute approximate surface area is 154 Å². The lowest BCUT2D eigenvalue weighted by Crippen LogP contribution is -2.47. The lowest BCUT2D eigenvalue weighted by molar-refractivity contribution is -0.116. The van der Waals surface area contributed by atoms with Crippen molar-refractivity contribution in [3.63, 3.8) is 0 Å². The first-order chi connectivity index (χ1) is 12.7. The standard InChI is InChI=1S/C20H26N4O2/c1-26-19-8-7-16(15-18(19)21)22-20(25)9-10-23-11-13-24(14-12-23)17-5-3-2-4-6-17/h2-8,15H,9-14,21H2,1H3,(H,22,25). The normalized spacial score (nSPS) is 14.9. The van der Waals surface area contributed by atoms with E-state index in [1.165, 1.54) is 5.69 Å². The Morgan fingerprint density at radius 1 is 1.12 bits per heavy atom. The molecule has 1 heterocycles. The van der Waals surface area contributed by atoms with Crippen molar-refractivity contribution in [2.24, 2.45) is 0 Å². The first kappa shape index (κ1) is 18.1. The van der Waals surface area contributed by atoms with E-state index in [0.717, 1.165) is 32.7 Å². The van der Waals surface area contributed by atoms with Crippen LogP contribution in [0, 0.1) is 0 Å². The summed E-state index contributed by atoms with van der Waals surface area (Å²) in [5.41, 5.74) is 8.35. The molecule has 0 saturated carbocycles. The van der Waals surface area contributed by atoms with Gasteiger partial charge in [0.05, 0.1) is 12.8 Å². The Hall–Kier alpha value is -2.73. The molecule has 0 bridgehead atoms. The van der Waals surface area contributed by atoms with E-state index in [1.807, 2.05) is 6.07 Å². The first-order valence-corrected chi connectivity index (χ1v) is 8.91. The SMILES string of the molecule is COc1ccc(NC(=O)CCN2CCN(c3ccccc3)CC2)cc1N. The molecule has 1 fully saturated rings. The molecule has 0 aromatic heterocycles. The molecule has 6 heteroatoms. The Morgan fingerprint density at radius 3 is 2.50 bits per heavy atom. The largest absolute Gasteiger partial charge is 0.495 e. The average molecular weight is 354 g/mol. The smallest absolute Gasteiger partial charge is 0.225 e. The van der Waals surface area contributed by atoms with Gasteiger partial charge in [0.1, 0.15) is 5.75 Å². The molecule has 26 heavy (non-hydrogen) atoms. The number of nitrogens with one attached hydrogen (secondary N) is 1. The van der Waals surface area contributed by atoms with Crippen LogP contribution >= 0.6 is 0 Å². The zero-order valence-electron chi connectivity index (χ0n) is 15.1. The molecule has 0 spiro atoms. The Bertz CT molecular complexity index is 728. The zero-order valence-corrected chi connectivity index (χ0v) is 15.1. The van der Waals surface area contributed by atoms with E-state index in [9.17, 15) is 4.79 Å². The van der Waals surface area contributed by atoms with Gasteiger partial charge in [-0.05, 0) is 30.3 Å². The van der Waals surface area contributed by atoms with Gasteiger partial charge in [-0.25, -0.2) is 0 Å². The molecule has 2 aromatic rings. The average Bonchev–Trinajstić information content (AvgIpc) is 2.68. The van der Waals surface area contributed by atoms with Crippen LogP contribution in [-0.2, 0) is 4.79 Å². The molecule has 1 amide bonds. The summed E-state index contributed by atoms with van der Waals surface area (Å²) in [4.78, 5) is 16.9. The van der Waals surface area contributed by atoms with Crippen molar-refractivity contribution in [3.05, 3.63) is 48.5 Å². The van der Waals surface area contributed by atoms with E-state index < -0.39 is 0 Å². The lowest BCUT2D eigenvalue weighted by Gasteiger charge is -2.36. The Morgan fingerprint density at radius 2 is 1.85 bits per heavy atom. The van der Waals surface area contributed by atoms with E-state index in [-0.39, 0.29) is 5.91 Å². The number of nitrogens with two attached hydrogens (primary N) is 1. The quantitative estimate of drug-likeness (QED) is 0.780. The number of hydrogen-bond acceptors (Lipinski definition) is 5. The van der Waals surface area contributed by atoms with Gasteiger partial charge in [0, 0.05) is 50.5 Å². The highest BCUT2D eigenvalue weighted by Crippen LogP contribution is 2.24. The molecule has 3 rings (SSSR count). The first-order valence-electron chi connectivity index (χ1n) is 8.91. The maximum Gasteiger partial charge on any atom is 0.225 e. The van der Waals surface area contributed by atoms with Gasteiger partial charge in [-0.2, -0.15) is 0 Å². The fourth-order valence-corrected chi connectivity index (χ4v) is 3.16. The summed E-state index contributed by atoms with van der Waals surface area (Å²) in [5.74, 6) is 0.611. The molecular weight excluding hydrogens is 328 g/mol. The van der Waals surface area contributed by atoms with Gasteiger partial charge in [0.2, 0.25) is 5.91 Å². The minimum Gasteiger partial charge on any atom is -0.495 e. The number of benzene rings is 2. The van der Waals surface area contributed by atoms with E-state index >= 15 is 0 Å². The summed E-state index contributed by atoms with van der Waals surface area (Å²) in [7, 11) is 1.57. The van der Waals surface area contributed by atoms with Crippen LogP contribution in [0.4, 0.5) is 17.1 Å². The summed E-state index contributed by atoms with van der Waals surface area (Å²) >= 11 is 0. The highest BCUT2D eigenvalue weighted by atomic mass is 16.5. The van der Waals surface area contributed by atoms with Gasteiger partial charge in [-0.3, -0.25) is 9.69 Å². The number of hydrogen-bond donors (Lipinski definition) is 2. The summed E-state index contributed by atoms with van der Waals surface area (Å²) in [5, 5.41) is 2.90. The Kier molecular flexibility index (Phi) is 5.96. The van der Waals surface area contributed by atoms with Crippen molar-refractivity contribution in [1.29, 1.82) is 0 Å². The van der Waals surface area contributed by atoms with Crippen molar-refractivity contribution in [2.45, 2.75) is 6.42 Å². The van der Waals surface area contributed by atoms with Crippen molar-refractivity contribution in [1.82, 2.24) is 4.90 Å². The molecule has 2 aromatic carbocycles. The third-order valence-electron chi connectivity index (χ3n) is 4.66. The monoisotopic (exact) mass is 354 g/mol. The number of nitrogens with zero attached hydrogens (tertiary/aromatic N) is 2. The molecule has 6 nitrogen and oxygen atoms in total. The predicted molar refractivity (Wildman–Crippen MR) is 106 cm³/mol. The topological polar surface area (TPSA) is 70.8 Å². The van der Waals surface area contributed by atoms with Crippen LogP contribution in [-0.4, -0.2) is 50.6 Å². The molecule has 3 N–H and O–H groups in total. The second-order valence-corrected chi connectivity index (χ2v) is 6.42. The van der Waals surface area contributed by atoms with E-state index in [4.69, 9.17) is 10.5 Å². The number of carbonyl (C=O) groups excluding carboxylic acids is 1. The zero-order chi connectivity index (χ0) is 18.4. The number of carbonyl (C=O) groups is 1. The summed E-state index contributed by atoms with van der Waals surface area (Å²) in [6.45, 7) is 4.68. The number of amides is 1. The molecule has 1 aliphatic rings. The highest BCUT2D eigenvalue weighted by Gasteiger charge is 2.17. The number of methoxy groups -OCH3 is 1. The van der Waals surface area contributed by atoms with Crippen molar-refractivity contribution >= 4 is 23.0 Å². The maximum atomic E-state index is 12.2. The van der Waals surface area contributed by atoms with Gasteiger partial charge in [0.15, 0.2) is 0 Å². The third-order valence-corrected chi connectivity index (χ3v) is 4.66. The molecule has 1 aliphatic heterocycles. The lowest BCUT2D eigenvalue weighted by atomic mass is 10.2. The highest BCUT2D eigenvalue weighted by molar-refractivity contribution is 5.91. The minimum absolute atomic E-state index is 0.0000517. The fourth-order valence-electron chi connectivity index (χ4n) is 3.16. The number of rotatable bonds is 6.